The molecule has 0 saturated carbocycles. The summed E-state index contributed by atoms with van der Waals surface area (Å²) < 4.78 is 0. The van der Waals surface area contributed by atoms with E-state index in [-0.39, 0.29) is 16.6 Å². The van der Waals surface area contributed by atoms with Crippen molar-refractivity contribution < 1.29 is 19.8 Å². The Labute approximate surface area is 181 Å². The van der Waals surface area contributed by atoms with Crippen LogP contribution in [0.15, 0.2) is 18.2 Å². The number of carbonyl (C=O) groups is 2. The summed E-state index contributed by atoms with van der Waals surface area (Å²) in [6, 6.07) is 5.59. The molecule has 1 amide bonds. The van der Waals surface area contributed by atoms with Crippen LogP contribution in [0.1, 0.15) is 16.1 Å². The molecule has 0 aliphatic heterocycles. The van der Waals surface area contributed by atoms with Crippen LogP contribution in [-0.4, -0.2) is 87.3 Å². The predicted octanol–water partition coefficient (Wildman–Crippen LogP) is -6.63. The van der Waals surface area contributed by atoms with Crippen LogP contribution in [0.4, 0.5) is 0 Å². The lowest BCUT2D eigenvalue weighted by molar-refractivity contribution is -0.138. The third kappa shape index (κ3) is 4.72. The monoisotopic (exact) mass is 404 g/mol. The molecule has 0 fully saturated rings. The Bertz CT molecular complexity index is 1010. The number of hydrogen-bond donors (Lipinski definition) is 3. The maximum absolute atomic E-state index is 12.6. The number of benzene rings is 1. The van der Waals surface area contributed by atoms with Crippen molar-refractivity contribution in [1.82, 2.24) is 10.3 Å². The second kappa shape index (κ2) is 7.94. The SMILES string of the molecule is Bc1nc(C(=O)NC(B)(B)C(=O)O)c(O)c(B)c1-c1cc(Cl)ccc1C(B)(B)B. The van der Waals surface area contributed by atoms with Crippen LogP contribution in [-0.2, 0) is 9.91 Å². The van der Waals surface area contributed by atoms with Crippen molar-refractivity contribution in [2.75, 3.05) is 0 Å². The summed E-state index contributed by atoms with van der Waals surface area (Å²) in [4.78, 5) is 28.2. The number of aromatic nitrogens is 1. The number of rotatable bonds is 5. The number of halogens is 1. The van der Waals surface area contributed by atoms with E-state index in [2.05, 4.69) is 33.8 Å². The van der Waals surface area contributed by atoms with E-state index in [1.807, 2.05) is 18.2 Å². The Hall–Kier alpha value is -2.15. The lowest BCUT2D eigenvalue weighted by atomic mass is 9.39. The van der Waals surface area contributed by atoms with Gasteiger partial charge in [-0.1, -0.05) is 28.3 Å². The molecule has 1 heterocycles. The van der Waals surface area contributed by atoms with Crippen molar-refractivity contribution in [2.45, 2.75) is 10.5 Å². The quantitative estimate of drug-likeness (QED) is 0.431. The van der Waals surface area contributed by atoms with Crippen LogP contribution in [0, 0.1) is 0 Å². The zero-order chi connectivity index (χ0) is 22.3. The van der Waals surface area contributed by atoms with E-state index in [1.54, 1.807) is 15.7 Å². The largest absolute Gasteiger partial charge is 0.506 e. The Balaban J connectivity index is 2.67. The number of carbonyl (C=O) groups excluding carboxylic acids is 1. The minimum Gasteiger partial charge on any atom is -0.506 e. The normalized spacial score (nSPS) is 11.8. The van der Waals surface area contributed by atoms with E-state index < -0.39 is 17.2 Å². The minimum absolute atomic E-state index is 0.185. The summed E-state index contributed by atoms with van der Waals surface area (Å²) in [5, 5.41) is 21.2. The molecule has 0 radical (unpaired) electrons. The fourth-order valence-electron chi connectivity index (χ4n) is 3.17. The molecule has 29 heavy (non-hydrogen) atoms. The lowest BCUT2D eigenvalue weighted by Gasteiger charge is -2.26. The van der Waals surface area contributed by atoms with Gasteiger partial charge >= 0.3 is 5.97 Å². The van der Waals surface area contributed by atoms with Gasteiger partial charge in [0.25, 0.3) is 5.91 Å². The van der Waals surface area contributed by atoms with E-state index in [0.717, 1.165) is 11.1 Å². The number of hydrogen-bond acceptors (Lipinski definition) is 4. The molecule has 0 bridgehead atoms. The van der Waals surface area contributed by atoms with Gasteiger partial charge in [0.15, 0.2) is 13.5 Å². The molecule has 142 valence electrons. The maximum Gasteiger partial charge on any atom is 0.311 e. The molecule has 2 rings (SSSR count). The first-order chi connectivity index (χ1) is 13.2. The second-order valence-electron chi connectivity index (χ2n) is 8.72. The Morgan fingerprint density at radius 2 is 1.69 bits per heavy atom. The van der Waals surface area contributed by atoms with Crippen molar-refractivity contribution in [3.63, 3.8) is 0 Å². The number of nitrogens with one attached hydrogen (secondary N) is 1. The number of aromatic hydroxyl groups is 1. The first kappa shape index (κ1) is 23.1. The van der Waals surface area contributed by atoms with E-state index in [4.69, 9.17) is 11.6 Å². The summed E-state index contributed by atoms with van der Waals surface area (Å²) in [6.07, 6.45) is 0. The van der Waals surface area contributed by atoms with E-state index in [9.17, 15) is 19.8 Å². The zero-order valence-electron chi connectivity index (χ0n) is 17.8. The fraction of sp³-hybridized carbons (Fsp3) is 0.133. The van der Waals surface area contributed by atoms with Gasteiger partial charge in [0.05, 0.1) is 28.9 Å². The highest BCUT2D eigenvalue weighted by molar-refractivity contribution is 6.59. The summed E-state index contributed by atoms with van der Waals surface area (Å²) in [5.41, 5.74) is 3.36. The van der Waals surface area contributed by atoms with Crippen LogP contribution in [0.5, 0.6) is 5.75 Å². The molecular weight excluding hydrogens is 383 g/mol. The molecule has 3 N–H and O–H groups in total. The summed E-state index contributed by atoms with van der Waals surface area (Å²) in [5.74, 6) is -2.23. The van der Waals surface area contributed by atoms with Crippen LogP contribution < -0.4 is 16.4 Å². The van der Waals surface area contributed by atoms with Crippen molar-refractivity contribution in [3.8, 4) is 16.9 Å². The first-order valence-corrected chi connectivity index (χ1v) is 9.61. The molecule has 0 aliphatic rings. The van der Waals surface area contributed by atoms with E-state index in [0.29, 0.717) is 21.6 Å². The van der Waals surface area contributed by atoms with Crippen LogP contribution >= 0.6 is 11.6 Å². The van der Waals surface area contributed by atoms with Crippen LogP contribution in [0.2, 0.25) is 5.02 Å². The molecular formula is C15H20B7ClN2O4. The van der Waals surface area contributed by atoms with Gasteiger partial charge in [-0.3, -0.25) is 14.6 Å². The van der Waals surface area contributed by atoms with Gasteiger partial charge in [-0.25, -0.2) is 0 Å². The molecule has 1 aromatic carbocycles. The van der Waals surface area contributed by atoms with Crippen molar-refractivity contribution in [2.24, 2.45) is 0 Å². The second-order valence-corrected chi connectivity index (χ2v) is 9.16. The standard InChI is InChI=1S/C15H20B7ClN2O4/c16-8-7(5-3-4(23)1-2-6(5)14(18,19)20)11(17)24-9(10(8)26)12(27)25-15(21,22)13(28)29/h1-3,26H,16-22H2,(H,25,27)(H,28,29). The number of carboxylic acids is 1. The molecule has 14 heteroatoms. The summed E-state index contributed by atoms with van der Waals surface area (Å²) in [6.45, 7) is 0. The summed E-state index contributed by atoms with van der Waals surface area (Å²) >= 11 is 6.24. The van der Waals surface area contributed by atoms with Gasteiger partial charge in [0.1, 0.15) is 29.3 Å². The lowest BCUT2D eigenvalue weighted by Crippen LogP contribution is -2.56. The fourth-order valence-corrected chi connectivity index (χ4v) is 3.35. The molecule has 0 spiro atoms. The molecule has 6 nitrogen and oxygen atoms in total. The predicted molar refractivity (Wildman–Crippen MR) is 135 cm³/mol. The van der Waals surface area contributed by atoms with Gasteiger partial charge in [-0.2, -0.15) is 0 Å². The Morgan fingerprint density at radius 1 is 1.10 bits per heavy atom. The maximum atomic E-state index is 12.6. The molecule has 0 atom stereocenters. The summed E-state index contributed by atoms with van der Waals surface area (Å²) in [7, 11) is 12.4. The highest BCUT2D eigenvalue weighted by Gasteiger charge is 2.31. The topological polar surface area (TPSA) is 99.5 Å². The van der Waals surface area contributed by atoms with Crippen LogP contribution in [0.3, 0.4) is 0 Å². The van der Waals surface area contributed by atoms with Gasteiger partial charge in [0.2, 0.25) is 0 Å². The number of aliphatic carboxylic acids is 1. The molecule has 2 aromatic rings. The molecule has 0 aliphatic carbocycles. The number of carboxylic acid groups (broad SMARTS) is 1. The Morgan fingerprint density at radius 3 is 2.21 bits per heavy atom. The zero-order valence-corrected chi connectivity index (χ0v) is 18.5. The van der Waals surface area contributed by atoms with Gasteiger partial charge in [-0.05, 0) is 28.7 Å². The average Bonchev–Trinajstić information content (AvgIpc) is 2.56. The first-order valence-electron chi connectivity index (χ1n) is 9.23. The van der Waals surface area contributed by atoms with Gasteiger partial charge in [-0.15, -0.1) is 0 Å². The number of pyridine rings is 1. The molecule has 0 saturated heterocycles. The third-order valence-corrected chi connectivity index (χ3v) is 5.07. The van der Waals surface area contributed by atoms with Gasteiger partial charge < -0.3 is 15.5 Å². The number of nitrogens with zero attached hydrogens (tertiary/aromatic N) is 1. The molecule has 0 unspecified atom stereocenters. The minimum atomic E-state index is -1.50. The van der Waals surface area contributed by atoms with Gasteiger partial charge in [0, 0.05) is 10.6 Å². The highest BCUT2D eigenvalue weighted by Crippen LogP contribution is 2.31. The third-order valence-electron chi connectivity index (χ3n) is 4.83. The van der Waals surface area contributed by atoms with E-state index in [1.165, 1.54) is 15.7 Å². The highest BCUT2D eigenvalue weighted by atomic mass is 35.5. The van der Waals surface area contributed by atoms with Crippen LogP contribution in [0.25, 0.3) is 11.1 Å². The molecule has 1 aromatic heterocycles. The van der Waals surface area contributed by atoms with Crippen molar-refractivity contribution in [3.05, 3.63) is 34.5 Å². The number of amides is 1. The van der Waals surface area contributed by atoms with E-state index >= 15 is 0 Å². The Kier molecular flexibility index (Phi) is 6.33. The smallest absolute Gasteiger partial charge is 0.311 e. The average molecular weight is 403 g/mol. The van der Waals surface area contributed by atoms with Crippen molar-refractivity contribution >= 4 is 89.5 Å². The van der Waals surface area contributed by atoms with Crippen molar-refractivity contribution in [1.29, 1.82) is 0 Å².